The zero-order chi connectivity index (χ0) is 41.2. The number of fused-ring (bicyclic) bond motifs is 2. The van der Waals surface area contributed by atoms with Gasteiger partial charge in [0.2, 0.25) is 11.8 Å². The highest BCUT2D eigenvalue weighted by molar-refractivity contribution is 7.59. The van der Waals surface area contributed by atoms with E-state index in [1.807, 2.05) is 57.0 Å². The normalized spacial score (nSPS) is 18.8. The monoisotopic (exact) mass is 924 g/mol. The van der Waals surface area contributed by atoms with Gasteiger partial charge in [-0.05, 0) is 94.8 Å². The Balaban J connectivity index is 0.00000256. The SMILES string of the molecule is COC(=O)N[C@H](C(=O)N1CCC[C@H]1C1=NC=C(c2ccc3cc(-c4ccc5c(c4)C(=O)CC([C@@H]4CCCN4C(=O)[C@@H](NC(=O)OC)C(C)C)=N5)ccc3c2)C1)C(C)C.S.S.S.S. The third-order valence-corrected chi connectivity index (χ3v) is 11.8. The van der Waals surface area contributed by atoms with Gasteiger partial charge in [0.15, 0.2) is 5.78 Å². The number of nitrogens with zero attached hydrogens (tertiary/aromatic N) is 4. The lowest BCUT2D eigenvalue weighted by molar-refractivity contribution is -0.134. The molecule has 4 amide bonds. The average Bonchev–Trinajstić information content (AvgIpc) is 4.02. The molecule has 3 aromatic rings. The molecule has 0 bridgehead atoms. The molecule has 0 aliphatic carbocycles. The summed E-state index contributed by atoms with van der Waals surface area (Å²) in [6, 6.07) is 16.6. The summed E-state index contributed by atoms with van der Waals surface area (Å²) in [5.41, 5.74) is 6.84. The van der Waals surface area contributed by atoms with Crippen molar-refractivity contribution in [1.82, 2.24) is 20.4 Å². The summed E-state index contributed by atoms with van der Waals surface area (Å²) in [6.07, 6.45) is 4.59. The molecule has 336 valence electrons. The van der Waals surface area contributed by atoms with Crippen LogP contribution in [0.3, 0.4) is 0 Å². The standard InChI is InChI=1S/C45H52N6O7.4H2S/c1-25(2)40(48-44(55)57-5)42(53)50-17-7-9-37(50)35-22-32(24-46-35)30-14-13-27-19-29(12-11-28(27)20-30)31-15-16-34-33(21-31)39(52)23-36(47-34)38-10-8-18-51(38)43(54)41(26(3)4)49-45(56)58-6;;;;/h11-16,19-21,24-26,37-38,40-41H,7-10,17-18,22-23H2,1-6H3,(H,48,55)(H,49,56);4*1H2/t37-,38-,40-,41-;;;;/m0..../s1. The zero-order valence-electron chi connectivity index (χ0n) is 36.0. The molecule has 4 heterocycles. The number of carbonyl (C=O) groups excluding carboxylic acids is 5. The smallest absolute Gasteiger partial charge is 0.407 e. The lowest BCUT2D eigenvalue weighted by atomic mass is 9.91. The average molecular weight is 925 g/mol. The number of hydrogen-bond acceptors (Lipinski definition) is 9. The molecule has 17 heteroatoms. The summed E-state index contributed by atoms with van der Waals surface area (Å²) in [7, 11) is 2.57. The number of benzene rings is 3. The van der Waals surface area contributed by atoms with E-state index >= 15 is 0 Å². The number of ketones is 1. The second-order valence-corrected chi connectivity index (χ2v) is 16.3. The van der Waals surface area contributed by atoms with Crippen LogP contribution in [0.5, 0.6) is 0 Å². The molecule has 2 fully saturated rings. The first kappa shape index (κ1) is 51.9. The molecular formula is C45H60N6O7S4. The highest BCUT2D eigenvalue weighted by Gasteiger charge is 2.40. The third-order valence-electron chi connectivity index (χ3n) is 11.8. The molecule has 7 rings (SSSR count). The minimum atomic E-state index is -0.743. The fourth-order valence-corrected chi connectivity index (χ4v) is 8.65. The summed E-state index contributed by atoms with van der Waals surface area (Å²) in [6.45, 7) is 8.72. The van der Waals surface area contributed by atoms with E-state index in [-0.39, 0.29) is 102 Å². The number of ether oxygens (including phenoxy) is 2. The molecule has 4 aliphatic heterocycles. The quantitative estimate of drug-likeness (QED) is 0.213. The highest BCUT2D eigenvalue weighted by atomic mass is 32.1. The lowest BCUT2D eigenvalue weighted by Crippen LogP contribution is -2.54. The van der Waals surface area contributed by atoms with Crippen molar-refractivity contribution in [3.63, 3.8) is 0 Å². The van der Waals surface area contributed by atoms with E-state index in [1.54, 1.807) is 4.90 Å². The Hall–Kier alpha value is -4.45. The fourth-order valence-electron chi connectivity index (χ4n) is 8.65. The van der Waals surface area contributed by atoms with Crippen molar-refractivity contribution in [3.05, 3.63) is 71.9 Å². The summed E-state index contributed by atoms with van der Waals surface area (Å²) < 4.78 is 9.53. The van der Waals surface area contributed by atoms with Gasteiger partial charge >= 0.3 is 12.2 Å². The van der Waals surface area contributed by atoms with Crippen LogP contribution in [0.15, 0.2) is 70.8 Å². The van der Waals surface area contributed by atoms with Crippen molar-refractivity contribution >= 4 is 117 Å². The van der Waals surface area contributed by atoms with Crippen LogP contribution in [0.4, 0.5) is 15.3 Å². The molecule has 4 aliphatic rings. The molecule has 2 saturated heterocycles. The molecule has 0 aromatic heterocycles. The zero-order valence-corrected chi connectivity index (χ0v) is 40.0. The van der Waals surface area contributed by atoms with Gasteiger partial charge in [0, 0.05) is 42.7 Å². The van der Waals surface area contributed by atoms with Crippen molar-refractivity contribution < 1.29 is 33.4 Å². The molecule has 0 saturated carbocycles. The molecule has 3 aromatic carbocycles. The minimum Gasteiger partial charge on any atom is -0.453 e. The Morgan fingerprint density at radius 1 is 0.661 bits per heavy atom. The second kappa shape index (κ2) is 22.3. The number of alkyl carbamates (subject to hydrolysis) is 2. The maximum absolute atomic E-state index is 13.7. The summed E-state index contributed by atoms with van der Waals surface area (Å²) in [5.74, 6) is -0.592. The molecule has 2 N–H and O–H groups in total. The maximum Gasteiger partial charge on any atom is 0.407 e. The van der Waals surface area contributed by atoms with E-state index in [9.17, 15) is 24.0 Å². The number of methoxy groups -OCH3 is 2. The molecule has 0 radical (unpaired) electrons. The van der Waals surface area contributed by atoms with Gasteiger partial charge in [0.1, 0.15) is 12.1 Å². The van der Waals surface area contributed by atoms with Gasteiger partial charge in [0.05, 0.1) is 38.4 Å². The topological polar surface area (TPSA) is 159 Å². The molecule has 13 nitrogen and oxygen atoms in total. The number of likely N-dealkylation sites (tertiary alicyclic amines) is 2. The predicted octanol–water partition coefficient (Wildman–Crippen LogP) is 7.55. The molecular weight excluding hydrogens is 865 g/mol. The van der Waals surface area contributed by atoms with Crippen molar-refractivity contribution in [2.75, 3.05) is 27.3 Å². The molecule has 0 unspecified atom stereocenters. The van der Waals surface area contributed by atoms with Gasteiger partial charge in [-0.15, -0.1) is 0 Å². The van der Waals surface area contributed by atoms with Crippen LogP contribution in [-0.4, -0.2) is 102 Å². The second-order valence-electron chi connectivity index (χ2n) is 16.3. The third kappa shape index (κ3) is 10.8. The summed E-state index contributed by atoms with van der Waals surface area (Å²) in [5, 5.41) is 7.52. The highest BCUT2D eigenvalue weighted by Crippen LogP contribution is 2.36. The van der Waals surface area contributed by atoms with Gasteiger partial charge in [-0.1, -0.05) is 58.0 Å². The van der Waals surface area contributed by atoms with Crippen LogP contribution in [0.1, 0.15) is 82.1 Å². The van der Waals surface area contributed by atoms with Gasteiger partial charge < -0.3 is 29.9 Å². The predicted molar refractivity (Wildman–Crippen MR) is 265 cm³/mol. The van der Waals surface area contributed by atoms with Crippen LogP contribution in [0, 0.1) is 11.8 Å². The van der Waals surface area contributed by atoms with Crippen LogP contribution in [0.2, 0.25) is 0 Å². The first-order valence-corrected chi connectivity index (χ1v) is 20.2. The molecule has 0 spiro atoms. The van der Waals surface area contributed by atoms with Crippen LogP contribution < -0.4 is 10.6 Å². The number of amides is 4. The van der Waals surface area contributed by atoms with Crippen molar-refractivity contribution in [2.24, 2.45) is 21.8 Å². The van der Waals surface area contributed by atoms with Crippen molar-refractivity contribution in [1.29, 1.82) is 0 Å². The number of nitrogens with one attached hydrogen (secondary N) is 2. The van der Waals surface area contributed by atoms with Crippen LogP contribution in [0.25, 0.3) is 27.5 Å². The lowest BCUT2D eigenvalue weighted by Gasteiger charge is -2.32. The van der Waals surface area contributed by atoms with E-state index in [0.29, 0.717) is 42.9 Å². The Morgan fingerprint density at radius 3 is 1.68 bits per heavy atom. The number of carbonyl (C=O) groups is 5. The van der Waals surface area contributed by atoms with Crippen LogP contribution >= 0.6 is 54.0 Å². The van der Waals surface area contributed by atoms with E-state index in [2.05, 4.69) is 47.0 Å². The van der Waals surface area contributed by atoms with Gasteiger partial charge in [-0.3, -0.25) is 24.4 Å². The van der Waals surface area contributed by atoms with Gasteiger partial charge in [-0.2, -0.15) is 54.0 Å². The van der Waals surface area contributed by atoms with E-state index in [0.717, 1.165) is 58.0 Å². The van der Waals surface area contributed by atoms with Gasteiger partial charge in [-0.25, -0.2) is 9.59 Å². The van der Waals surface area contributed by atoms with Gasteiger partial charge in [0.25, 0.3) is 0 Å². The Kier molecular flexibility index (Phi) is 18.6. The van der Waals surface area contributed by atoms with E-state index in [4.69, 9.17) is 19.5 Å². The van der Waals surface area contributed by atoms with E-state index in [1.165, 1.54) is 14.2 Å². The largest absolute Gasteiger partial charge is 0.453 e. The Labute approximate surface area is 391 Å². The number of Topliss-reactive ketones (excluding diaryl/α,β-unsaturated/α-hetero) is 1. The minimum absolute atomic E-state index is 0. The van der Waals surface area contributed by atoms with Crippen LogP contribution in [-0.2, 0) is 19.1 Å². The Bertz CT molecular complexity index is 2260. The Morgan fingerprint density at radius 2 is 1.15 bits per heavy atom. The van der Waals surface area contributed by atoms with Crippen molar-refractivity contribution in [3.8, 4) is 11.1 Å². The molecule has 62 heavy (non-hydrogen) atoms. The number of aliphatic imine (C=N–C) groups is 2. The fraction of sp³-hybridized carbons (Fsp3) is 0.444. The van der Waals surface area contributed by atoms with E-state index < -0.39 is 24.3 Å². The summed E-state index contributed by atoms with van der Waals surface area (Å²) >= 11 is 0. The molecule has 4 atom stereocenters. The van der Waals surface area contributed by atoms with Crippen molar-refractivity contribution in [2.45, 2.75) is 90.4 Å². The first-order valence-electron chi connectivity index (χ1n) is 20.2. The number of hydrogen-bond donors (Lipinski definition) is 2. The number of rotatable bonds is 10. The number of allylic oxidation sites excluding steroid dienone is 1. The maximum atomic E-state index is 13.7. The first-order chi connectivity index (χ1) is 27.9. The summed E-state index contributed by atoms with van der Waals surface area (Å²) in [4.78, 5) is 78.3.